The minimum Gasteiger partial charge on any atom is -0.299 e. The largest absolute Gasteiger partial charge is 0.507 e. The van der Waals surface area contributed by atoms with E-state index in [4.69, 9.17) is 123 Å². The van der Waals surface area contributed by atoms with Crippen molar-refractivity contribution in [3.05, 3.63) is 63.6 Å². The molecule has 0 aliphatic rings. The van der Waals surface area contributed by atoms with E-state index in [0.29, 0.717) is 0 Å². The molecule has 0 radical (unpaired) electrons. The van der Waals surface area contributed by atoms with Crippen LogP contribution < -0.4 is 0 Å². The summed E-state index contributed by atoms with van der Waals surface area (Å²) in [4.78, 5) is 78.6. The maximum absolute atomic E-state index is 13.3. The van der Waals surface area contributed by atoms with E-state index >= 15 is 0 Å². The summed E-state index contributed by atoms with van der Waals surface area (Å²) in [6, 6.07) is 7.65. The first-order valence-corrected chi connectivity index (χ1v) is 23.8. The third-order valence-corrected chi connectivity index (χ3v) is 12.6. The molecule has 0 heterocycles. The van der Waals surface area contributed by atoms with Crippen LogP contribution >= 0.6 is 113 Å². The Bertz CT molecular complexity index is 1440. The molecule has 2 aromatic carbocycles. The monoisotopic (exact) mass is 1030 g/mol. The number of hydrogen-bond acceptors (Lipinski definition) is 8. The van der Waals surface area contributed by atoms with E-state index in [1.54, 1.807) is 0 Å². The molecular formula is C12H17Cl4F6IO19P6. The van der Waals surface area contributed by atoms with E-state index < -0.39 is 66.3 Å². The molecule has 0 amide bonds. The summed E-state index contributed by atoms with van der Waals surface area (Å²) in [5.41, 5.74) is 0. The zero-order chi connectivity index (χ0) is 39.9. The quantitative estimate of drug-likeness (QED) is 0.0637. The molecule has 2 rings (SSSR count). The van der Waals surface area contributed by atoms with Crippen molar-refractivity contribution in [2.24, 2.45) is 0 Å². The van der Waals surface area contributed by atoms with Gasteiger partial charge in [-0.25, -0.2) is 22.8 Å². The molecule has 19 nitrogen and oxygen atoms in total. The topological polar surface area (TPSA) is 351 Å². The summed E-state index contributed by atoms with van der Waals surface area (Å²) in [5.74, 6) is 0. The van der Waals surface area contributed by atoms with Crippen molar-refractivity contribution in [3.63, 3.8) is 0 Å². The van der Waals surface area contributed by atoms with Crippen molar-refractivity contribution >= 4 is 113 Å². The van der Waals surface area contributed by atoms with Crippen LogP contribution in [0.3, 0.4) is 0 Å². The minimum absolute atomic E-state index is 0.108. The van der Waals surface area contributed by atoms with Gasteiger partial charge in [0.25, 0.3) is 0 Å². The van der Waals surface area contributed by atoms with Crippen molar-refractivity contribution < 1.29 is 112 Å². The predicted octanol–water partition coefficient (Wildman–Crippen LogP) is 6.97. The van der Waals surface area contributed by atoms with Crippen LogP contribution in [0, 0.1) is 7.14 Å². The molecule has 36 heteroatoms. The zero-order valence-electron chi connectivity index (χ0n) is 21.5. The molecule has 0 saturated heterocycles. The molecule has 1 atom stereocenters. The van der Waals surface area contributed by atoms with Crippen LogP contribution in [0.1, 0.15) is 0 Å². The van der Waals surface area contributed by atoms with Crippen LogP contribution in [0.15, 0.2) is 36.4 Å². The van der Waals surface area contributed by atoms with Crippen LogP contribution in [0.4, 0.5) is 25.2 Å². The van der Waals surface area contributed by atoms with Crippen molar-refractivity contribution in [1.29, 1.82) is 0 Å². The third-order valence-electron chi connectivity index (χ3n) is 2.48. The summed E-state index contributed by atoms with van der Waals surface area (Å²) in [5, 5.41) is 0.250. The van der Waals surface area contributed by atoms with Gasteiger partial charge < -0.3 is 0 Å². The number of halogens is 11. The maximum atomic E-state index is 13.3. The van der Waals surface area contributed by atoms with Gasteiger partial charge in [-0.3, -0.25) is 48.9 Å². The van der Waals surface area contributed by atoms with Gasteiger partial charge in [-0.1, -0.05) is 0 Å². The molecule has 48 heavy (non-hydrogen) atoms. The zero-order valence-corrected chi connectivity index (χ0v) is 32.0. The first-order chi connectivity index (χ1) is 20.5. The van der Waals surface area contributed by atoms with E-state index in [-0.39, 0.29) is 27.2 Å². The van der Waals surface area contributed by atoms with E-state index in [0.717, 1.165) is 0 Å². The Morgan fingerprint density at radius 3 is 0.812 bits per heavy atom. The fourth-order valence-corrected chi connectivity index (χ4v) is 11.0. The molecule has 1 unspecified atom stereocenters. The van der Waals surface area contributed by atoms with Gasteiger partial charge in [0, 0.05) is 0 Å². The molecule has 286 valence electrons. The Balaban J connectivity index is -0.000000314. The van der Waals surface area contributed by atoms with Crippen LogP contribution in [-0.2, 0) is 33.3 Å². The average molecular weight is 1030 g/mol. The fraction of sp³-hybridized carbons (Fsp3) is 0. The van der Waals surface area contributed by atoms with Gasteiger partial charge in [-0.2, -0.15) is 0 Å². The molecular weight excluding hydrogens is 1020 g/mol. The second kappa shape index (κ2) is 22.6. The van der Waals surface area contributed by atoms with Gasteiger partial charge in [0.05, 0.1) is 0 Å². The van der Waals surface area contributed by atoms with Crippen molar-refractivity contribution in [1.82, 2.24) is 0 Å². The molecule has 0 bridgehead atoms. The SMILES string of the molecule is O=P(O)(F)OI(=O)(c1ccc(Cl)cc1Cl)c1ccc(Cl)cc1Cl.O=P(O)(O)F.O=P(O)(O)F.O=P(O)(O)F.O=P(O)(O)F.O=P(O)(O)F. The maximum Gasteiger partial charge on any atom is 0.507 e. The Morgan fingerprint density at radius 2 is 0.667 bits per heavy atom. The Labute approximate surface area is 287 Å². The van der Waals surface area contributed by atoms with Crippen LogP contribution in [0.25, 0.3) is 0 Å². The second-order valence-corrected chi connectivity index (χ2v) is 20.1. The first-order valence-electron chi connectivity index (χ1n) is 9.41. The molecule has 0 fully saturated rings. The summed E-state index contributed by atoms with van der Waals surface area (Å²) in [6.07, 6.45) is 0. The fourth-order valence-electron chi connectivity index (χ4n) is 1.65. The number of rotatable bonds is 4. The molecule has 0 aromatic heterocycles. The van der Waals surface area contributed by atoms with E-state index in [2.05, 4.69) is 2.85 Å². The van der Waals surface area contributed by atoms with Gasteiger partial charge in [0.15, 0.2) is 0 Å². The van der Waals surface area contributed by atoms with Crippen molar-refractivity contribution in [2.45, 2.75) is 0 Å². The summed E-state index contributed by atoms with van der Waals surface area (Å²) in [7, 11) is -31.3. The Morgan fingerprint density at radius 1 is 0.479 bits per heavy atom. The third kappa shape index (κ3) is 48.7. The standard InChI is InChI=1S/C12H7Cl4FIO4P.5FH2O3P/c13-7-1-3-11(9(15)5-7)18(19,22-23(17,20)21)12-4-2-8(14)6-10(12)16;5*1-5(2,3)4/h1-6H,(H,20,21);5*(H2,2,3,4). The van der Waals surface area contributed by atoms with E-state index in [1.165, 1.54) is 36.4 Å². The normalized spacial score (nSPS) is 13.4. The Kier molecular flexibility index (Phi) is 26.1. The summed E-state index contributed by atoms with van der Waals surface area (Å²) in [6.45, 7) is 0. The van der Waals surface area contributed by atoms with Gasteiger partial charge >= 0.3 is 196 Å². The molecule has 11 N–H and O–H groups in total. The van der Waals surface area contributed by atoms with Crippen molar-refractivity contribution in [2.75, 3.05) is 0 Å². The van der Waals surface area contributed by atoms with Gasteiger partial charge in [0.1, 0.15) is 0 Å². The second-order valence-electron chi connectivity index (χ2n) is 6.47. The molecule has 2 aromatic rings. The minimum atomic E-state index is -5.60. The van der Waals surface area contributed by atoms with Gasteiger partial charge in [-0.05, 0) is 0 Å². The van der Waals surface area contributed by atoms with Crippen LogP contribution in [-0.4, -0.2) is 53.8 Å². The summed E-state index contributed by atoms with van der Waals surface area (Å²) < 4.78 is 137. The van der Waals surface area contributed by atoms with Crippen LogP contribution in [0.5, 0.6) is 0 Å². The van der Waals surface area contributed by atoms with Gasteiger partial charge in [-0.15, -0.1) is 21.0 Å². The van der Waals surface area contributed by atoms with Crippen LogP contribution in [0.2, 0.25) is 20.1 Å². The molecule has 0 aliphatic carbocycles. The van der Waals surface area contributed by atoms with Gasteiger partial charge in [0.2, 0.25) is 0 Å². The van der Waals surface area contributed by atoms with Crippen molar-refractivity contribution in [3.8, 4) is 0 Å². The Hall–Kier alpha value is 0.610. The number of benzene rings is 2. The number of hydrogen-bond donors (Lipinski definition) is 11. The first kappa shape index (κ1) is 55.4. The average Bonchev–Trinajstić information content (AvgIpc) is 2.65. The van der Waals surface area contributed by atoms with E-state index in [1.807, 2.05) is 0 Å². The predicted molar refractivity (Wildman–Crippen MR) is 163 cm³/mol. The summed E-state index contributed by atoms with van der Waals surface area (Å²) >= 11 is 18.2. The smallest absolute Gasteiger partial charge is 0.299 e. The molecule has 0 saturated carbocycles. The molecule has 0 spiro atoms. The van der Waals surface area contributed by atoms with E-state index in [9.17, 15) is 32.8 Å². The molecule has 0 aliphatic heterocycles.